The van der Waals surface area contributed by atoms with Crippen molar-refractivity contribution < 1.29 is 9.21 Å². The minimum atomic E-state index is -0.0499. The van der Waals surface area contributed by atoms with Crippen molar-refractivity contribution in [3.63, 3.8) is 0 Å². The normalized spacial score (nSPS) is 11.0. The van der Waals surface area contributed by atoms with Crippen LogP contribution in [0.25, 0.3) is 22.4 Å². The zero-order valence-electron chi connectivity index (χ0n) is 13.7. The summed E-state index contributed by atoms with van der Waals surface area (Å²) in [6.07, 6.45) is 0.254. The van der Waals surface area contributed by atoms with E-state index in [0.29, 0.717) is 17.3 Å². The topological polar surface area (TPSA) is 55.1 Å². The van der Waals surface area contributed by atoms with Crippen molar-refractivity contribution in [2.45, 2.75) is 13.0 Å². The first-order valence-electron chi connectivity index (χ1n) is 8.12. The largest absolute Gasteiger partial charge is 0.454 e. The lowest BCUT2D eigenvalue weighted by Gasteiger charge is -2.03. The van der Waals surface area contributed by atoms with Crippen molar-refractivity contribution in [3.8, 4) is 11.5 Å². The smallest absolute Gasteiger partial charge is 0.227 e. The molecule has 130 valence electrons. The fourth-order valence-corrected chi connectivity index (χ4v) is 3.60. The molecule has 0 radical (unpaired) electrons. The van der Waals surface area contributed by atoms with E-state index < -0.39 is 0 Å². The molecule has 0 aliphatic heterocycles. The van der Waals surface area contributed by atoms with Crippen LogP contribution in [-0.4, -0.2) is 10.9 Å². The van der Waals surface area contributed by atoms with E-state index in [9.17, 15) is 4.79 Å². The Hall–Kier alpha value is -2.63. The number of nitrogens with zero attached hydrogens (tertiary/aromatic N) is 1. The maximum absolute atomic E-state index is 12.1. The lowest BCUT2D eigenvalue weighted by molar-refractivity contribution is -0.120. The Balaban J connectivity index is 1.43. The highest BCUT2D eigenvalue weighted by Gasteiger charge is 2.12. The van der Waals surface area contributed by atoms with Gasteiger partial charge in [-0.3, -0.25) is 4.79 Å². The average molecular weight is 383 g/mol. The SMILES string of the molecule is O=C(Cc1nc(-c2cc3cc(Cl)ccc3o2)cs1)NCc1ccccc1. The van der Waals surface area contributed by atoms with E-state index in [-0.39, 0.29) is 12.3 Å². The van der Waals surface area contributed by atoms with E-state index in [1.807, 2.05) is 53.9 Å². The highest BCUT2D eigenvalue weighted by molar-refractivity contribution is 7.10. The zero-order valence-corrected chi connectivity index (χ0v) is 15.3. The van der Waals surface area contributed by atoms with Gasteiger partial charge in [0.25, 0.3) is 0 Å². The number of hydrogen-bond donors (Lipinski definition) is 1. The van der Waals surface area contributed by atoms with Gasteiger partial charge in [0, 0.05) is 22.3 Å². The number of rotatable bonds is 5. The second-order valence-electron chi connectivity index (χ2n) is 5.86. The van der Waals surface area contributed by atoms with Gasteiger partial charge in [0.15, 0.2) is 5.76 Å². The number of nitrogens with one attached hydrogen (secondary N) is 1. The van der Waals surface area contributed by atoms with Gasteiger partial charge in [-0.05, 0) is 29.8 Å². The molecule has 0 saturated carbocycles. The van der Waals surface area contributed by atoms with Crippen LogP contribution in [0.1, 0.15) is 10.6 Å². The minimum absolute atomic E-state index is 0.0499. The van der Waals surface area contributed by atoms with E-state index in [4.69, 9.17) is 16.0 Å². The number of halogens is 1. The molecule has 0 aliphatic carbocycles. The molecule has 1 N–H and O–H groups in total. The number of amides is 1. The van der Waals surface area contributed by atoms with Crippen LogP contribution in [-0.2, 0) is 17.8 Å². The number of aromatic nitrogens is 1. The Morgan fingerprint density at radius 2 is 2.00 bits per heavy atom. The molecule has 0 atom stereocenters. The van der Waals surface area contributed by atoms with E-state index >= 15 is 0 Å². The molecule has 2 heterocycles. The van der Waals surface area contributed by atoms with E-state index in [0.717, 1.165) is 27.2 Å². The van der Waals surface area contributed by atoms with Crippen molar-refractivity contribution in [2.24, 2.45) is 0 Å². The molecule has 4 aromatic rings. The second-order valence-corrected chi connectivity index (χ2v) is 7.24. The first-order chi connectivity index (χ1) is 12.7. The quantitative estimate of drug-likeness (QED) is 0.524. The third-order valence-electron chi connectivity index (χ3n) is 3.93. The summed E-state index contributed by atoms with van der Waals surface area (Å²) in [4.78, 5) is 16.7. The minimum Gasteiger partial charge on any atom is -0.454 e. The van der Waals surface area contributed by atoms with Crippen molar-refractivity contribution in [1.29, 1.82) is 0 Å². The zero-order chi connectivity index (χ0) is 17.9. The Bertz CT molecular complexity index is 1060. The first kappa shape index (κ1) is 16.8. The molecule has 4 rings (SSSR count). The van der Waals surface area contributed by atoms with Gasteiger partial charge in [0.1, 0.15) is 16.3 Å². The van der Waals surface area contributed by atoms with Crippen LogP contribution in [0.15, 0.2) is 64.4 Å². The summed E-state index contributed by atoms with van der Waals surface area (Å²) < 4.78 is 5.82. The fraction of sp³-hybridized carbons (Fsp3) is 0.100. The Labute approximate surface area is 159 Å². The van der Waals surface area contributed by atoms with Crippen LogP contribution in [0.4, 0.5) is 0 Å². The summed E-state index contributed by atoms with van der Waals surface area (Å²) in [5, 5.41) is 7.17. The lowest BCUT2D eigenvalue weighted by Crippen LogP contribution is -2.24. The van der Waals surface area contributed by atoms with Gasteiger partial charge in [0.2, 0.25) is 5.91 Å². The fourth-order valence-electron chi connectivity index (χ4n) is 2.64. The monoisotopic (exact) mass is 382 g/mol. The molecule has 2 aromatic heterocycles. The summed E-state index contributed by atoms with van der Waals surface area (Å²) in [7, 11) is 0. The van der Waals surface area contributed by atoms with Crippen molar-refractivity contribution in [3.05, 3.63) is 75.6 Å². The average Bonchev–Trinajstić information content (AvgIpc) is 3.27. The summed E-state index contributed by atoms with van der Waals surface area (Å²) in [6, 6.07) is 17.2. The third-order valence-corrected chi connectivity index (χ3v) is 5.01. The second kappa shape index (κ2) is 7.32. The maximum Gasteiger partial charge on any atom is 0.227 e. The molecule has 0 aliphatic rings. The first-order valence-corrected chi connectivity index (χ1v) is 9.37. The Morgan fingerprint density at radius 1 is 1.15 bits per heavy atom. The van der Waals surface area contributed by atoms with E-state index in [1.54, 1.807) is 6.07 Å². The molecule has 0 unspecified atom stereocenters. The van der Waals surface area contributed by atoms with Crippen molar-refractivity contribution in [2.75, 3.05) is 0 Å². The van der Waals surface area contributed by atoms with Gasteiger partial charge in [0.05, 0.1) is 6.42 Å². The molecule has 2 aromatic carbocycles. The molecule has 4 nitrogen and oxygen atoms in total. The number of benzene rings is 2. The molecule has 26 heavy (non-hydrogen) atoms. The van der Waals surface area contributed by atoms with Gasteiger partial charge in [-0.15, -0.1) is 11.3 Å². The van der Waals surface area contributed by atoms with Crippen LogP contribution in [0, 0.1) is 0 Å². The molecule has 0 saturated heterocycles. The number of carbonyl (C=O) groups is 1. The van der Waals surface area contributed by atoms with Crippen molar-refractivity contribution in [1.82, 2.24) is 10.3 Å². The Morgan fingerprint density at radius 3 is 2.85 bits per heavy atom. The van der Waals surface area contributed by atoms with Crippen LogP contribution >= 0.6 is 22.9 Å². The summed E-state index contributed by atoms with van der Waals surface area (Å²) in [6.45, 7) is 0.516. The van der Waals surface area contributed by atoms with Crippen LogP contribution in [0.5, 0.6) is 0 Å². The molecular formula is C20H15ClN2O2S. The van der Waals surface area contributed by atoms with Crippen LogP contribution in [0.2, 0.25) is 5.02 Å². The lowest BCUT2D eigenvalue weighted by atomic mass is 10.2. The maximum atomic E-state index is 12.1. The highest BCUT2D eigenvalue weighted by atomic mass is 35.5. The standard InChI is InChI=1S/C20H15ClN2O2S/c21-15-6-7-17-14(8-15)9-18(25-17)16-12-26-20(23-16)10-19(24)22-11-13-4-2-1-3-5-13/h1-9,12H,10-11H2,(H,22,24). The summed E-state index contributed by atoms with van der Waals surface area (Å²) in [5.74, 6) is 0.626. The van der Waals surface area contributed by atoms with Gasteiger partial charge < -0.3 is 9.73 Å². The number of carbonyl (C=O) groups excluding carboxylic acids is 1. The summed E-state index contributed by atoms with van der Waals surface area (Å²) >= 11 is 7.46. The third kappa shape index (κ3) is 3.79. The predicted molar refractivity (Wildman–Crippen MR) is 104 cm³/mol. The van der Waals surface area contributed by atoms with Crippen LogP contribution < -0.4 is 5.32 Å². The number of hydrogen-bond acceptors (Lipinski definition) is 4. The molecule has 6 heteroatoms. The van der Waals surface area contributed by atoms with Crippen molar-refractivity contribution >= 4 is 39.8 Å². The molecule has 0 fully saturated rings. The van der Waals surface area contributed by atoms with Gasteiger partial charge >= 0.3 is 0 Å². The number of fused-ring (bicyclic) bond motifs is 1. The molecule has 0 spiro atoms. The number of thiazole rings is 1. The molecule has 0 bridgehead atoms. The predicted octanol–water partition coefficient (Wildman–Crippen LogP) is 5.07. The van der Waals surface area contributed by atoms with Gasteiger partial charge in [-0.2, -0.15) is 0 Å². The Kier molecular flexibility index (Phi) is 4.73. The van der Waals surface area contributed by atoms with E-state index in [2.05, 4.69) is 10.3 Å². The molecule has 1 amide bonds. The molecular weight excluding hydrogens is 368 g/mol. The summed E-state index contributed by atoms with van der Waals surface area (Å²) in [5.41, 5.74) is 2.56. The van der Waals surface area contributed by atoms with E-state index in [1.165, 1.54) is 11.3 Å². The number of furan rings is 1. The van der Waals surface area contributed by atoms with Gasteiger partial charge in [-0.25, -0.2) is 4.98 Å². The van der Waals surface area contributed by atoms with Gasteiger partial charge in [-0.1, -0.05) is 41.9 Å². The van der Waals surface area contributed by atoms with Crippen LogP contribution in [0.3, 0.4) is 0 Å². The highest BCUT2D eigenvalue weighted by Crippen LogP contribution is 2.30.